The Morgan fingerprint density at radius 1 is 1.10 bits per heavy atom. The van der Waals surface area contributed by atoms with Crippen molar-refractivity contribution in [2.45, 2.75) is 19.4 Å². The average molecular weight is 268 g/mol. The van der Waals surface area contributed by atoms with Crippen molar-refractivity contribution in [3.63, 3.8) is 0 Å². The molecule has 0 aliphatic rings. The Morgan fingerprint density at radius 2 is 1.85 bits per heavy atom. The Labute approximate surface area is 120 Å². The first-order valence-corrected chi connectivity index (χ1v) is 6.72. The highest BCUT2D eigenvalue weighted by Gasteiger charge is 2.08. The van der Waals surface area contributed by atoms with Crippen molar-refractivity contribution in [1.82, 2.24) is 0 Å². The van der Waals surface area contributed by atoms with Crippen molar-refractivity contribution in [3.8, 4) is 11.5 Å². The molecule has 104 valence electrons. The van der Waals surface area contributed by atoms with Crippen molar-refractivity contribution in [2.24, 2.45) is 0 Å². The number of hydrogen-bond donors (Lipinski definition) is 0. The van der Waals surface area contributed by atoms with Gasteiger partial charge in [-0.15, -0.1) is 6.58 Å². The van der Waals surface area contributed by atoms with Gasteiger partial charge in [0, 0.05) is 0 Å². The zero-order chi connectivity index (χ0) is 14.4. The maximum Gasteiger partial charge on any atom is 0.161 e. The van der Waals surface area contributed by atoms with E-state index in [1.165, 1.54) is 5.56 Å². The molecule has 0 bridgehead atoms. The van der Waals surface area contributed by atoms with E-state index in [1.807, 2.05) is 48.5 Å². The van der Waals surface area contributed by atoms with Crippen LogP contribution in [0.1, 0.15) is 24.0 Å². The molecule has 0 spiro atoms. The van der Waals surface area contributed by atoms with Crippen LogP contribution in [0.25, 0.3) is 0 Å². The minimum atomic E-state index is 0.298. The Kier molecular flexibility index (Phi) is 4.83. The van der Waals surface area contributed by atoms with Crippen molar-refractivity contribution in [2.75, 3.05) is 7.11 Å². The zero-order valence-corrected chi connectivity index (χ0v) is 12.0. The predicted molar refractivity (Wildman–Crippen MR) is 82.4 cm³/mol. The number of benzene rings is 2. The summed E-state index contributed by atoms with van der Waals surface area (Å²) < 4.78 is 11.2. The molecule has 2 rings (SSSR count). The lowest BCUT2D eigenvalue weighted by Gasteiger charge is -2.14. The molecule has 2 aromatic carbocycles. The molecular formula is C18H20O2. The number of hydrogen-bond acceptors (Lipinski definition) is 2. The lowest BCUT2D eigenvalue weighted by atomic mass is 10.0. The second-order valence-electron chi connectivity index (χ2n) is 4.71. The minimum absolute atomic E-state index is 0.298. The van der Waals surface area contributed by atoms with E-state index in [0.717, 1.165) is 17.1 Å². The van der Waals surface area contributed by atoms with E-state index in [4.69, 9.17) is 9.47 Å². The van der Waals surface area contributed by atoms with Crippen molar-refractivity contribution in [1.29, 1.82) is 0 Å². The molecule has 0 heterocycles. The molecule has 2 heteroatoms. The van der Waals surface area contributed by atoms with Gasteiger partial charge in [0.05, 0.1) is 7.11 Å². The van der Waals surface area contributed by atoms with Gasteiger partial charge in [0.15, 0.2) is 11.5 Å². The molecule has 0 radical (unpaired) electrons. The van der Waals surface area contributed by atoms with Crippen LogP contribution >= 0.6 is 0 Å². The molecule has 0 aliphatic carbocycles. The van der Waals surface area contributed by atoms with E-state index in [9.17, 15) is 0 Å². The van der Waals surface area contributed by atoms with Gasteiger partial charge in [-0.05, 0) is 29.2 Å². The van der Waals surface area contributed by atoms with Gasteiger partial charge in [-0.3, -0.25) is 0 Å². The summed E-state index contributed by atoms with van der Waals surface area (Å²) in [5.74, 6) is 1.82. The van der Waals surface area contributed by atoms with E-state index in [0.29, 0.717) is 12.5 Å². The lowest BCUT2D eigenvalue weighted by molar-refractivity contribution is 0.284. The number of ether oxygens (including phenoxy) is 2. The first-order valence-electron chi connectivity index (χ1n) is 6.72. The highest BCUT2D eigenvalue weighted by atomic mass is 16.5. The molecule has 2 nitrogen and oxygen atoms in total. The van der Waals surface area contributed by atoms with E-state index < -0.39 is 0 Å². The van der Waals surface area contributed by atoms with Crippen LogP contribution in [-0.2, 0) is 6.61 Å². The van der Waals surface area contributed by atoms with Crippen LogP contribution in [0.4, 0.5) is 0 Å². The molecular weight excluding hydrogens is 248 g/mol. The summed E-state index contributed by atoms with van der Waals surface area (Å²) in [6.07, 6.45) is 1.92. The topological polar surface area (TPSA) is 18.5 Å². The van der Waals surface area contributed by atoms with Gasteiger partial charge in [0.1, 0.15) is 6.61 Å². The summed E-state index contributed by atoms with van der Waals surface area (Å²) in [7, 11) is 1.66. The van der Waals surface area contributed by atoms with Gasteiger partial charge in [-0.2, -0.15) is 0 Å². The average Bonchev–Trinajstić information content (AvgIpc) is 2.53. The van der Waals surface area contributed by atoms with E-state index in [-0.39, 0.29) is 0 Å². The summed E-state index contributed by atoms with van der Waals surface area (Å²) >= 11 is 0. The predicted octanol–water partition coefficient (Wildman–Crippen LogP) is 4.56. The molecule has 0 aliphatic heterocycles. The van der Waals surface area contributed by atoms with Crippen LogP contribution in [0.3, 0.4) is 0 Å². The largest absolute Gasteiger partial charge is 0.493 e. The maximum absolute atomic E-state index is 5.83. The molecule has 1 atom stereocenters. The van der Waals surface area contributed by atoms with Gasteiger partial charge in [0.25, 0.3) is 0 Å². The fourth-order valence-corrected chi connectivity index (χ4v) is 1.96. The van der Waals surface area contributed by atoms with Crippen LogP contribution in [0.2, 0.25) is 0 Å². The smallest absolute Gasteiger partial charge is 0.161 e. The first kappa shape index (κ1) is 14.2. The van der Waals surface area contributed by atoms with Crippen molar-refractivity contribution >= 4 is 0 Å². The summed E-state index contributed by atoms with van der Waals surface area (Å²) in [6, 6.07) is 16.1. The normalized spacial score (nSPS) is 11.7. The number of methoxy groups -OCH3 is 1. The van der Waals surface area contributed by atoms with Crippen LogP contribution in [-0.4, -0.2) is 7.11 Å². The van der Waals surface area contributed by atoms with Crippen LogP contribution in [0.15, 0.2) is 61.2 Å². The molecule has 20 heavy (non-hydrogen) atoms. The Bertz CT molecular complexity index is 561. The lowest BCUT2D eigenvalue weighted by Crippen LogP contribution is -1.99. The Morgan fingerprint density at radius 3 is 2.50 bits per heavy atom. The van der Waals surface area contributed by atoms with Gasteiger partial charge in [0.2, 0.25) is 0 Å². The van der Waals surface area contributed by atoms with Crippen molar-refractivity contribution in [3.05, 3.63) is 72.3 Å². The van der Waals surface area contributed by atoms with Gasteiger partial charge in [-0.25, -0.2) is 0 Å². The molecule has 0 fully saturated rings. The second kappa shape index (κ2) is 6.80. The number of rotatable bonds is 6. The molecule has 0 N–H and O–H groups in total. The monoisotopic (exact) mass is 268 g/mol. The maximum atomic E-state index is 5.83. The second-order valence-corrected chi connectivity index (χ2v) is 4.71. The summed E-state index contributed by atoms with van der Waals surface area (Å²) in [4.78, 5) is 0. The fourth-order valence-electron chi connectivity index (χ4n) is 1.96. The standard InChI is InChI=1S/C18H20O2/c1-4-14(2)16-10-11-17(18(12-16)19-3)20-13-15-8-6-5-7-9-15/h4-12,14H,1,13H2,2-3H3. The summed E-state index contributed by atoms with van der Waals surface area (Å²) in [5, 5.41) is 0. The highest BCUT2D eigenvalue weighted by Crippen LogP contribution is 2.31. The van der Waals surface area contributed by atoms with Crippen LogP contribution in [0, 0.1) is 0 Å². The zero-order valence-electron chi connectivity index (χ0n) is 12.0. The van der Waals surface area contributed by atoms with Crippen LogP contribution in [0.5, 0.6) is 11.5 Å². The highest BCUT2D eigenvalue weighted by molar-refractivity contribution is 5.44. The molecule has 0 amide bonds. The minimum Gasteiger partial charge on any atom is -0.493 e. The quantitative estimate of drug-likeness (QED) is 0.715. The summed E-state index contributed by atoms with van der Waals surface area (Å²) in [5.41, 5.74) is 2.31. The van der Waals surface area contributed by atoms with Gasteiger partial charge in [-0.1, -0.05) is 49.4 Å². The summed E-state index contributed by atoms with van der Waals surface area (Å²) in [6.45, 7) is 6.46. The Hall–Kier alpha value is -2.22. The fraction of sp³-hybridized carbons (Fsp3) is 0.222. The SMILES string of the molecule is C=CC(C)c1ccc(OCc2ccccc2)c(OC)c1. The molecule has 0 aromatic heterocycles. The molecule has 1 unspecified atom stereocenters. The first-order chi connectivity index (χ1) is 9.74. The third kappa shape index (κ3) is 3.41. The van der Waals surface area contributed by atoms with Gasteiger partial charge < -0.3 is 9.47 Å². The van der Waals surface area contributed by atoms with E-state index in [1.54, 1.807) is 7.11 Å². The molecule has 0 saturated heterocycles. The Balaban J connectivity index is 2.13. The third-order valence-electron chi connectivity index (χ3n) is 3.30. The van der Waals surface area contributed by atoms with E-state index >= 15 is 0 Å². The number of allylic oxidation sites excluding steroid dienone is 1. The van der Waals surface area contributed by atoms with E-state index in [2.05, 4.69) is 19.6 Å². The van der Waals surface area contributed by atoms with Crippen LogP contribution < -0.4 is 9.47 Å². The van der Waals surface area contributed by atoms with Gasteiger partial charge >= 0.3 is 0 Å². The van der Waals surface area contributed by atoms with Crippen molar-refractivity contribution < 1.29 is 9.47 Å². The molecule has 2 aromatic rings. The third-order valence-corrected chi connectivity index (χ3v) is 3.30. The molecule has 0 saturated carbocycles.